The second-order valence-electron chi connectivity index (χ2n) is 8.30. The first-order valence-electron chi connectivity index (χ1n) is 10.4. The van der Waals surface area contributed by atoms with Crippen molar-refractivity contribution in [2.24, 2.45) is 0 Å². The van der Waals surface area contributed by atoms with Crippen molar-refractivity contribution in [2.45, 2.75) is 50.5 Å². The zero-order chi connectivity index (χ0) is 22.8. The van der Waals surface area contributed by atoms with Crippen LogP contribution in [0.3, 0.4) is 0 Å². The number of halogens is 4. The Kier molecular flexibility index (Phi) is 6.66. The fourth-order valence-corrected chi connectivity index (χ4v) is 4.42. The molecule has 2 aliphatic heterocycles. The van der Waals surface area contributed by atoms with E-state index < -0.39 is 24.9 Å². The minimum absolute atomic E-state index is 0.00702. The SMILES string of the molecule is O=C(O)c1ccc(CN2C[C@@H]3C[C@H]2CN3Cc2ccc(OC(F)C(F)C(F)F)cc2)cc1. The molecule has 172 valence electrons. The Hall–Kier alpha value is -2.65. The molecule has 0 aromatic heterocycles. The van der Waals surface area contributed by atoms with E-state index in [0.717, 1.165) is 37.2 Å². The van der Waals surface area contributed by atoms with Gasteiger partial charge in [-0.3, -0.25) is 9.80 Å². The summed E-state index contributed by atoms with van der Waals surface area (Å²) in [6.07, 6.45) is -8.06. The highest BCUT2D eigenvalue weighted by molar-refractivity contribution is 5.87. The Morgan fingerprint density at radius 3 is 1.84 bits per heavy atom. The molecule has 0 aliphatic carbocycles. The van der Waals surface area contributed by atoms with E-state index in [1.165, 1.54) is 12.1 Å². The molecule has 2 aromatic rings. The van der Waals surface area contributed by atoms with Gasteiger partial charge in [-0.25, -0.2) is 18.0 Å². The molecule has 4 atom stereocenters. The zero-order valence-electron chi connectivity index (χ0n) is 17.2. The third-order valence-electron chi connectivity index (χ3n) is 6.10. The maximum Gasteiger partial charge on any atom is 0.335 e. The van der Waals surface area contributed by atoms with Crippen LogP contribution in [0.1, 0.15) is 27.9 Å². The number of nitrogens with zero attached hydrogens (tertiary/aromatic N) is 2. The summed E-state index contributed by atoms with van der Waals surface area (Å²) in [7, 11) is 0. The molecule has 2 aromatic carbocycles. The average molecular weight is 452 g/mol. The van der Waals surface area contributed by atoms with Crippen LogP contribution in [-0.2, 0) is 13.1 Å². The maximum absolute atomic E-state index is 13.4. The normalized spacial score (nSPS) is 22.9. The number of carboxylic acid groups (broad SMARTS) is 1. The van der Waals surface area contributed by atoms with Gasteiger partial charge in [-0.2, -0.15) is 4.39 Å². The first kappa shape index (κ1) is 22.5. The van der Waals surface area contributed by atoms with Crippen LogP contribution >= 0.6 is 0 Å². The summed E-state index contributed by atoms with van der Waals surface area (Å²) >= 11 is 0. The van der Waals surface area contributed by atoms with Crippen molar-refractivity contribution < 1.29 is 32.2 Å². The van der Waals surface area contributed by atoms with Crippen molar-refractivity contribution in [3.05, 3.63) is 65.2 Å². The van der Waals surface area contributed by atoms with Crippen molar-refractivity contribution in [2.75, 3.05) is 13.1 Å². The number of carbonyl (C=O) groups is 1. The van der Waals surface area contributed by atoms with E-state index in [1.807, 2.05) is 12.1 Å². The van der Waals surface area contributed by atoms with Crippen molar-refractivity contribution in [3.8, 4) is 5.75 Å². The summed E-state index contributed by atoms with van der Waals surface area (Å²) in [5, 5.41) is 9.01. The number of benzene rings is 2. The zero-order valence-corrected chi connectivity index (χ0v) is 17.2. The summed E-state index contributed by atoms with van der Waals surface area (Å²) in [6.45, 7) is 3.30. The van der Waals surface area contributed by atoms with Crippen molar-refractivity contribution in [3.63, 3.8) is 0 Å². The second kappa shape index (κ2) is 9.46. The molecule has 5 nitrogen and oxygen atoms in total. The molecule has 2 aliphatic rings. The van der Waals surface area contributed by atoms with Crippen molar-refractivity contribution in [1.29, 1.82) is 0 Å². The molecule has 4 rings (SSSR count). The number of carboxylic acids is 1. The summed E-state index contributed by atoms with van der Waals surface area (Å²) < 4.78 is 55.4. The molecule has 0 spiro atoms. The fourth-order valence-electron chi connectivity index (χ4n) is 4.42. The predicted molar refractivity (Wildman–Crippen MR) is 109 cm³/mol. The quantitative estimate of drug-likeness (QED) is 0.580. The van der Waals surface area contributed by atoms with Gasteiger partial charge >= 0.3 is 5.97 Å². The first-order chi connectivity index (χ1) is 15.3. The highest BCUT2D eigenvalue weighted by atomic mass is 19.3. The average Bonchev–Trinajstić information content (AvgIpc) is 3.34. The van der Waals surface area contributed by atoms with Crippen LogP contribution in [0.2, 0.25) is 0 Å². The maximum atomic E-state index is 13.4. The lowest BCUT2D eigenvalue weighted by Gasteiger charge is -2.34. The topological polar surface area (TPSA) is 53.0 Å². The van der Waals surface area contributed by atoms with Gasteiger partial charge in [-0.15, -0.1) is 0 Å². The van der Waals surface area contributed by atoms with Crippen LogP contribution in [0.4, 0.5) is 17.6 Å². The molecule has 1 N–H and O–H groups in total. The summed E-state index contributed by atoms with van der Waals surface area (Å²) in [6, 6.07) is 14.2. The van der Waals surface area contributed by atoms with E-state index >= 15 is 0 Å². The Morgan fingerprint density at radius 2 is 1.41 bits per heavy atom. The summed E-state index contributed by atoms with van der Waals surface area (Å²) in [5.41, 5.74) is 2.33. The van der Waals surface area contributed by atoms with Gasteiger partial charge in [0.15, 0.2) is 0 Å². The summed E-state index contributed by atoms with van der Waals surface area (Å²) in [5.74, 6) is -0.927. The Labute approximate surface area is 183 Å². The highest BCUT2D eigenvalue weighted by Gasteiger charge is 2.42. The van der Waals surface area contributed by atoms with Crippen molar-refractivity contribution >= 4 is 5.97 Å². The molecule has 2 unspecified atom stereocenters. The minimum Gasteiger partial charge on any atom is -0.478 e. The lowest BCUT2D eigenvalue weighted by atomic mass is 10.1. The number of rotatable bonds is 9. The molecule has 0 radical (unpaired) electrons. The predicted octanol–water partition coefficient (Wildman–Crippen LogP) is 4.12. The lowest BCUT2D eigenvalue weighted by Crippen LogP contribution is -2.45. The van der Waals surface area contributed by atoms with Gasteiger partial charge < -0.3 is 9.84 Å². The third-order valence-corrected chi connectivity index (χ3v) is 6.10. The highest BCUT2D eigenvalue weighted by Crippen LogP contribution is 2.33. The van der Waals surface area contributed by atoms with Crippen LogP contribution < -0.4 is 4.74 Å². The Bertz CT molecular complexity index is 926. The number of hydrogen-bond donors (Lipinski definition) is 1. The van der Waals surface area contributed by atoms with Gasteiger partial charge in [0.1, 0.15) is 5.75 Å². The van der Waals surface area contributed by atoms with Gasteiger partial charge in [0.25, 0.3) is 12.8 Å². The molecule has 0 amide bonds. The molecule has 9 heteroatoms. The minimum atomic E-state index is -3.43. The van der Waals surface area contributed by atoms with Gasteiger partial charge in [0.05, 0.1) is 5.56 Å². The number of ether oxygens (including phenoxy) is 1. The smallest absolute Gasteiger partial charge is 0.335 e. The molecule has 32 heavy (non-hydrogen) atoms. The molecule has 2 fully saturated rings. The van der Waals surface area contributed by atoms with Gasteiger partial charge in [-0.1, -0.05) is 24.3 Å². The van der Waals surface area contributed by atoms with Crippen LogP contribution in [-0.4, -0.2) is 65.0 Å². The largest absolute Gasteiger partial charge is 0.478 e. The lowest BCUT2D eigenvalue weighted by molar-refractivity contribution is -0.0750. The monoisotopic (exact) mass is 452 g/mol. The van der Waals surface area contributed by atoms with E-state index in [4.69, 9.17) is 5.11 Å². The van der Waals surface area contributed by atoms with Crippen LogP contribution in [0.25, 0.3) is 0 Å². The number of piperazine rings is 1. The van der Waals surface area contributed by atoms with Crippen LogP contribution in [0.15, 0.2) is 48.5 Å². The van der Waals surface area contributed by atoms with E-state index in [-0.39, 0.29) is 11.3 Å². The molecular formula is C23H24F4N2O3. The van der Waals surface area contributed by atoms with Crippen LogP contribution in [0.5, 0.6) is 5.75 Å². The number of fused-ring (bicyclic) bond motifs is 2. The van der Waals surface area contributed by atoms with Crippen molar-refractivity contribution in [1.82, 2.24) is 9.80 Å². The number of likely N-dealkylation sites (tertiary alicyclic amines) is 2. The molecule has 2 saturated heterocycles. The molecule has 2 heterocycles. The van der Waals surface area contributed by atoms with Gasteiger partial charge in [0.2, 0.25) is 6.17 Å². The third kappa shape index (κ3) is 5.05. The van der Waals surface area contributed by atoms with Gasteiger partial charge in [0, 0.05) is 38.3 Å². The molecular weight excluding hydrogens is 428 g/mol. The van der Waals surface area contributed by atoms with Gasteiger partial charge in [-0.05, 0) is 41.8 Å². The second-order valence-corrected chi connectivity index (χ2v) is 8.30. The van der Waals surface area contributed by atoms with E-state index in [0.29, 0.717) is 18.6 Å². The van der Waals surface area contributed by atoms with E-state index in [2.05, 4.69) is 14.5 Å². The number of hydrogen-bond acceptors (Lipinski definition) is 4. The standard InChI is InChI=1S/C23H24F4N2O3/c24-20(21(25)26)22(27)32-19-7-3-15(4-8-19)11-29-13-17-9-18(29)12-28(17)10-14-1-5-16(6-2-14)23(30)31/h1-8,17-18,20-22H,9-13H2,(H,30,31)/t17-,18-,20?,22?/m0/s1. The Balaban J connectivity index is 1.27. The summed E-state index contributed by atoms with van der Waals surface area (Å²) in [4.78, 5) is 15.8. The first-order valence-corrected chi connectivity index (χ1v) is 10.4. The van der Waals surface area contributed by atoms with E-state index in [9.17, 15) is 22.4 Å². The molecule has 2 bridgehead atoms. The molecule has 0 saturated carbocycles. The van der Waals surface area contributed by atoms with E-state index in [1.54, 1.807) is 24.3 Å². The number of alkyl halides is 4. The Morgan fingerprint density at radius 1 is 0.906 bits per heavy atom. The van der Waals surface area contributed by atoms with Crippen LogP contribution in [0, 0.1) is 0 Å². The fraction of sp³-hybridized carbons (Fsp3) is 0.435. The number of aromatic carboxylic acids is 1.